The summed E-state index contributed by atoms with van der Waals surface area (Å²) in [6.07, 6.45) is 3.72. The summed E-state index contributed by atoms with van der Waals surface area (Å²) < 4.78 is 22.0. The summed E-state index contributed by atoms with van der Waals surface area (Å²) in [5.74, 6) is 0.233. The Morgan fingerprint density at radius 2 is 1.98 bits per heavy atom. The van der Waals surface area contributed by atoms with Gasteiger partial charge in [0.2, 0.25) is 5.89 Å². The number of rotatable bonds is 6. The number of halogens is 1. The first-order chi connectivity index (χ1) is 20.4. The molecule has 1 amide bonds. The van der Waals surface area contributed by atoms with Gasteiger partial charge in [0.05, 0.1) is 42.6 Å². The molecule has 0 unspecified atom stereocenters. The van der Waals surface area contributed by atoms with Gasteiger partial charge in [-0.15, -0.1) is 0 Å². The SMILES string of the molecule is COC(=O)c1nc(Sc2cccc(-c3ncco3)c2Cl)c(N)nc1N1CCC2(CC1)CO[C@@H](C)[C@H]2NC(=O)OC(C)(C)C. The minimum Gasteiger partial charge on any atom is -0.464 e. The number of hydrogen-bond donors (Lipinski definition) is 2. The molecule has 2 aliphatic heterocycles. The number of piperidine rings is 1. The molecular weight excluding hydrogens is 596 g/mol. The normalized spacial score (nSPS) is 19.8. The highest BCUT2D eigenvalue weighted by Crippen LogP contribution is 2.44. The Hall–Kier alpha value is -3.55. The lowest BCUT2D eigenvalue weighted by Gasteiger charge is -2.43. The third kappa shape index (κ3) is 6.53. The van der Waals surface area contributed by atoms with Gasteiger partial charge in [-0.1, -0.05) is 29.4 Å². The second-order valence-electron chi connectivity index (χ2n) is 11.6. The largest absolute Gasteiger partial charge is 0.464 e. The maximum absolute atomic E-state index is 12.9. The Labute approximate surface area is 259 Å². The fourth-order valence-corrected chi connectivity index (χ4v) is 6.64. The van der Waals surface area contributed by atoms with Crippen molar-refractivity contribution in [3.63, 3.8) is 0 Å². The number of alkyl carbamates (subject to hydrolysis) is 1. The Bertz CT molecular complexity index is 1490. The number of hydrogen-bond acceptors (Lipinski definition) is 12. The van der Waals surface area contributed by atoms with Crippen LogP contribution in [-0.4, -0.2) is 71.6 Å². The number of nitrogens with zero attached hydrogens (tertiary/aromatic N) is 4. The molecule has 2 aliphatic rings. The Morgan fingerprint density at radius 1 is 1.23 bits per heavy atom. The van der Waals surface area contributed by atoms with Crippen LogP contribution in [0.3, 0.4) is 0 Å². The lowest BCUT2D eigenvalue weighted by atomic mass is 9.73. The summed E-state index contributed by atoms with van der Waals surface area (Å²) >= 11 is 7.86. The van der Waals surface area contributed by atoms with Gasteiger partial charge >= 0.3 is 12.1 Å². The van der Waals surface area contributed by atoms with Gasteiger partial charge in [-0.2, -0.15) is 0 Å². The molecule has 0 saturated carbocycles. The number of carbonyl (C=O) groups is 2. The molecular formula is C29H35ClN6O6S. The van der Waals surface area contributed by atoms with E-state index < -0.39 is 17.7 Å². The number of carbonyl (C=O) groups excluding carboxylic acids is 2. The van der Waals surface area contributed by atoms with Gasteiger partial charge in [0.15, 0.2) is 17.3 Å². The summed E-state index contributed by atoms with van der Waals surface area (Å²) in [6.45, 7) is 9.02. The van der Waals surface area contributed by atoms with Crippen LogP contribution < -0.4 is 16.0 Å². The summed E-state index contributed by atoms with van der Waals surface area (Å²) in [5.41, 5.74) is 6.16. The van der Waals surface area contributed by atoms with E-state index in [0.29, 0.717) is 64.8 Å². The summed E-state index contributed by atoms with van der Waals surface area (Å²) in [5, 5.41) is 3.76. The van der Waals surface area contributed by atoms with Crippen LogP contribution in [0, 0.1) is 5.41 Å². The van der Waals surface area contributed by atoms with Gasteiger partial charge < -0.3 is 34.6 Å². The number of anilines is 2. The lowest BCUT2D eigenvalue weighted by Crippen LogP contribution is -2.55. The topological polar surface area (TPSA) is 155 Å². The van der Waals surface area contributed by atoms with Gasteiger partial charge in [0.25, 0.3) is 0 Å². The van der Waals surface area contributed by atoms with Gasteiger partial charge in [-0.05, 0) is 52.7 Å². The highest BCUT2D eigenvalue weighted by Gasteiger charge is 2.51. The van der Waals surface area contributed by atoms with Gasteiger partial charge in [0, 0.05) is 23.4 Å². The molecule has 1 spiro atoms. The van der Waals surface area contributed by atoms with Crippen molar-refractivity contribution in [2.24, 2.45) is 5.41 Å². The number of nitrogens with one attached hydrogen (secondary N) is 1. The second kappa shape index (κ2) is 12.2. The average molecular weight is 631 g/mol. The fourth-order valence-electron chi connectivity index (χ4n) is 5.47. The van der Waals surface area contributed by atoms with Crippen LogP contribution in [-0.2, 0) is 14.2 Å². The Kier molecular flexibility index (Phi) is 8.77. The Balaban J connectivity index is 1.37. The first-order valence-corrected chi connectivity index (χ1v) is 15.1. The van der Waals surface area contributed by atoms with Crippen LogP contribution >= 0.6 is 23.4 Å². The molecule has 14 heteroatoms. The number of aromatic nitrogens is 3. The first kappa shape index (κ1) is 30.9. The number of nitrogen functional groups attached to an aromatic ring is 1. The summed E-state index contributed by atoms with van der Waals surface area (Å²) in [6, 6.07) is 5.19. The maximum Gasteiger partial charge on any atom is 0.407 e. The quantitative estimate of drug-likeness (QED) is 0.344. The van der Waals surface area contributed by atoms with Crippen LogP contribution in [0.15, 0.2) is 45.0 Å². The van der Waals surface area contributed by atoms with E-state index in [2.05, 4.69) is 20.3 Å². The van der Waals surface area contributed by atoms with E-state index in [1.54, 1.807) is 6.07 Å². The minimum atomic E-state index is -0.633. The molecule has 12 nitrogen and oxygen atoms in total. The first-order valence-electron chi connectivity index (χ1n) is 13.9. The van der Waals surface area contributed by atoms with Crippen molar-refractivity contribution in [1.82, 2.24) is 20.3 Å². The summed E-state index contributed by atoms with van der Waals surface area (Å²) in [4.78, 5) is 41.6. The van der Waals surface area contributed by atoms with Gasteiger partial charge in [-0.3, -0.25) is 0 Å². The van der Waals surface area contributed by atoms with Crippen LogP contribution in [0.2, 0.25) is 5.02 Å². The molecule has 2 aromatic heterocycles. The van der Waals surface area contributed by atoms with Crippen LogP contribution in [0.4, 0.5) is 16.4 Å². The standard InChI is InChI=1S/C29H35ClN6O6S/c1-16-21(34-27(38)42-28(2,3)4)29(15-41-16)9-12-36(13-10-29)23-20(26(37)39-5)33-25(22(31)35-23)43-18-8-6-7-17(19(18)30)24-32-11-14-40-24/h6-8,11,14,16,21H,9-10,12-13,15H2,1-5H3,(H2,31,35)(H,34,38)/t16-,21+/m0/s1. The maximum atomic E-state index is 12.9. The summed E-state index contributed by atoms with van der Waals surface area (Å²) in [7, 11) is 1.29. The smallest absolute Gasteiger partial charge is 0.407 e. The molecule has 230 valence electrons. The average Bonchev–Trinajstić information content (AvgIpc) is 3.59. The molecule has 43 heavy (non-hydrogen) atoms. The molecule has 0 aliphatic carbocycles. The number of nitrogens with two attached hydrogens (primary N) is 1. The van der Waals surface area contributed by atoms with Crippen LogP contribution in [0.25, 0.3) is 11.5 Å². The highest BCUT2D eigenvalue weighted by molar-refractivity contribution is 7.99. The van der Waals surface area contributed by atoms with E-state index in [9.17, 15) is 9.59 Å². The van der Waals surface area contributed by atoms with Crippen molar-refractivity contribution in [1.29, 1.82) is 0 Å². The van der Waals surface area contributed by atoms with Crippen molar-refractivity contribution in [3.05, 3.63) is 41.4 Å². The van der Waals surface area contributed by atoms with E-state index in [-0.39, 0.29) is 29.1 Å². The highest BCUT2D eigenvalue weighted by atomic mass is 35.5. The molecule has 2 saturated heterocycles. The monoisotopic (exact) mass is 630 g/mol. The molecule has 2 atom stereocenters. The predicted octanol–water partition coefficient (Wildman–Crippen LogP) is 5.20. The molecule has 0 bridgehead atoms. The molecule has 1 aromatic carbocycles. The molecule has 0 radical (unpaired) electrons. The minimum absolute atomic E-state index is 0.0506. The number of esters is 1. The fraction of sp³-hybridized carbons (Fsp3) is 0.483. The molecule has 5 rings (SSSR count). The third-order valence-electron chi connectivity index (χ3n) is 7.58. The second-order valence-corrected chi connectivity index (χ2v) is 13.0. The van der Waals surface area contributed by atoms with Crippen molar-refractivity contribution >= 4 is 47.1 Å². The predicted molar refractivity (Wildman–Crippen MR) is 161 cm³/mol. The Morgan fingerprint density at radius 3 is 2.63 bits per heavy atom. The zero-order chi connectivity index (χ0) is 30.9. The van der Waals surface area contributed by atoms with Gasteiger partial charge in [0.1, 0.15) is 16.9 Å². The number of benzene rings is 1. The molecule has 3 aromatic rings. The van der Waals surface area contributed by atoms with Crippen molar-refractivity contribution < 1.29 is 28.2 Å². The van der Waals surface area contributed by atoms with Gasteiger partial charge in [-0.25, -0.2) is 24.5 Å². The van der Waals surface area contributed by atoms with Crippen LogP contribution in [0.1, 0.15) is 51.0 Å². The number of ether oxygens (including phenoxy) is 3. The lowest BCUT2D eigenvalue weighted by molar-refractivity contribution is 0.0433. The molecule has 4 heterocycles. The van der Waals surface area contributed by atoms with E-state index in [4.69, 9.17) is 36.0 Å². The zero-order valence-electron chi connectivity index (χ0n) is 24.7. The number of oxazole rings is 1. The van der Waals surface area contributed by atoms with E-state index >= 15 is 0 Å². The van der Waals surface area contributed by atoms with Crippen molar-refractivity contribution in [2.75, 3.05) is 37.4 Å². The molecule has 3 N–H and O–H groups in total. The van der Waals surface area contributed by atoms with E-state index in [0.717, 1.165) is 0 Å². The number of methoxy groups -OCH3 is 1. The third-order valence-corrected chi connectivity index (χ3v) is 9.15. The van der Waals surface area contributed by atoms with Crippen molar-refractivity contribution in [2.45, 2.75) is 68.2 Å². The van der Waals surface area contributed by atoms with E-state index in [1.807, 2.05) is 44.7 Å². The van der Waals surface area contributed by atoms with E-state index in [1.165, 1.54) is 31.3 Å². The van der Waals surface area contributed by atoms with Crippen LogP contribution in [0.5, 0.6) is 0 Å². The number of amides is 1. The van der Waals surface area contributed by atoms with Crippen molar-refractivity contribution in [3.8, 4) is 11.5 Å². The molecule has 2 fully saturated rings. The zero-order valence-corrected chi connectivity index (χ0v) is 26.3.